The van der Waals surface area contributed by atoms with Gasteiger partial charge in [-0.3, -0.25) is 9.59 Å². The van der Waals surface area contributed by atoms with Crippen LogP contribution in [0.4, 0.5) is 0 Å². The minimum atomic E-state index is -1.26. The number of benzene rings is 1. The first-order chi connectivity index (χ1) is 9.31. The Hall–Kier alpha value is -1.84. The Morgan fingerprint density at radius 3 is 2.50 bits per heavy atom. The number of phenols is 1. The van der Waals surface area contributed by atoms with Crippen molar-refractivity contribution in [3.8, 4) is 5.75 Å². The van der Waals surface area contributed by atoms with Crippen LogP contribution in [0.25, 0.3) is 0 Å². The number of amides is 2. The Bertz CT molecular complexity index is 547. The largest absolute Gasteiger partial charge is 0.507 e. The van der Waals surface area contributed by atoms with Crippen molar-refractivity contribution >= 4 is 40.4 Å². The van der Waals surface area contributed by atoms with E-state index in [-0.39, 0.29) is 24.2 Å². The summed E-state index contributed by atoms with van der Waals surface area (Å²) >= 11 is 1.89. The maximum Gasteiger partial charge on any atom is 0.326 e. The SMILES string of the molecule is NC(=O)CC[C@H](NC(=O)c1ccc(I)c(O)c1)C(=O)O. The predicted octanol–water partition coefficient (Wildman–Crippen LogP) is 0.445. The summed E-state index contributed by atoms with van der Waals surface area (Å²) in [6.07, 6.45) is -0.234. The van der Waals surface area contributed by atoms with Gasteiger partial charge in [0, 0.05) is 12.0 Å². The van der Waals surface area contributed by atoms with E-state index in [1.807, 2.05) is 22.6 Å². The molecule has 1 aromatic rings. The summed E-state index contributed by atoms with van der Waals surface area (Å²) in [6, 6.07) is 3.02. The predicted molar refractivity (Wildman–Crippen MR) is 78.1 cm³/mol. The van der Waals surface area contributed by atoms with Gasteiger partial charge < -0.3 is 21.3 Å². The molecule has 8 heteroatoms. The molecule has 1 atom stereocenters. The summed E-state index contributed by atoms with van der Waals surface area (Å²) in [5.41, 5.74) is 5.07. The first-order valence-electron chi connectivity index (χ1n) is 5.61. The van der Waals surface area contributed by atoms with Crippen molar-refractivity contribution in [3.05, 3.63) is 27.3 Å². The summed E-state index contributed by atoms with van der Waals surface area (Å²) in [6.45, 7) is 0. The molecule has 0 spiro atoms. The van der Waals surface area contributed by atoms with Gasteiger partial charge in [0.05, 0.1) is 3.57 Å². The van der Waals surface area contributed by atoms with Crippen LogP contribution in [-0.4, -0.2) is 34.0 Å². The van der Waals surface area contributed by atoms with Crippen molar-refractivity contribution in [3.63, 3.8) is 0 Å². The first kappa shape index (κ1) is 16.2. The zero-order valence-electron chi connectivity index (χ0n) is 10.3. The van der Waals surface area contributed by atoms with E-state index in [0.717, 1.165) is 0 Å². The molecule has 0 aliphatic heterocycles. The number of carbonyl (C=O) groups excluding carboxylic acids is 2. The number of rotatable bonds is 6. The second kappa shape index (κ2) is 7.08. The number of carbonyl (C=O) groups is 3. The second-order valence-corrected chi connectivity index (χ2v) is 5.20. The highest BCUT2D eigenvalue weighted by Gasteiger charge is 2.21. The van der Waals surface area contributed by atoms with Crippen LogP contribution in [-0.2, 0) is 9.59 Å². The molecule has 0 saturated heterocycles. The molecule has 0 unspecified atom stereocenters. The Kier molecular flexibility index (Phi) is 5.74. The number of aromatic hydroxyl groups is 1. The van der Waals surface area contributed by atoms with Crippen LogP contribution in [0, 0.1) is 3.57 Å². The fourth-order valence-corrected chi connectivity index (χ4v) is 1.77. The minimum absolute atomic E-state index is 0.0674. The van der Waals surface area contributed by atoms with E-state index in [4.69, 9.17) is 10.8 Å². The number of halogens is 1. The fourth-order valence-electron chi connectivity index (χ4n) is 1.44. The van der Waals surface area contributed by atoms with Gasteiger partial charge in [0.1, 0.15) is 11.8 Å². The summed E-state index contributed by atoms with van der Waals surface area (Å²) in [5.74, 6) is -2.61. The smallest absolute Gasteiger partial charge is 0.326 e. The standard InChI is InChI=1S/C12H13IN2O5/c13-7-2-1-6(5-9(7)16)11(18)15-8(12(19)20)3-4-10(14)17/h1-2,5,8,16H,3-4H2,(H2,14,17)(H,15,18)(H,19,20)/t8-/m0/s1. The Balaban J connectivity index is 2.77. The number of nitrogens with one attached hydrogen (secondary N) is 1. The molecular formula is C12H13IN2O5. The van der Waals surface area contributed by atoms with Crippen molar-refractivity contribution in [2.45, 2.75) is 18.9 Å². The van der Waals surface area contributed by atoms with Crippen molar-refractivity contribution in [1.29, 1.82) is 0 Å². The van der Waals surface area contributed by atoms with E-state index in [1.165, 1.54) is 18.2 Å². The maximum atomic E-state index is 11.9. The molecule has 108 valence electrons. The highest BCUT2D eigenvalue weighted by Crippen LogP contribution is 2.20. The molecule has 1 rings (SSSR count). The maximum absolute atomic E-state index is 11.9. The van der Waals surface area contributed by atoms with Crippen LogP contribution in [0.5, 0.6) is 5.75 Å². The van der Waals surface area contributed by atoms with E-state index in [1.54, 1.807) is 0 Å². The zero-order chi connectivity index (χ0) is 15.3. The molecule has 0 fully saturated rings. The third-order valence-electron chi connectivity index (χ3n) is 2.49. The molecule has 0 bridgehead atoms. The van der Waals surface area contributed by atoms with Gasteiger partial charge >= 0.3 is 5.97 Å². The molecule has 7 nitrogen and oxygen atoms in total. The normalized spacial score (nSPS) is 11.7. The topological polar surface area (TPSA) is 130 Å². The summed E-state index contributed by atoms with van der Waals surface area (Å²) in [7, 11) is 0. The van der Waals surface area contributed by atoms with Gasteiger partial charge in [0.2, 0.25) is 5.91 Å². The lowest BCUT2D eigenvalue weighted by Crippen LogP contribution is -2.41. The van der Waals surface area contributed by atoms with Crippen molar-refractivity contribution in [1.82, 2.24) is 5.32 Å². The highest BCUT2D eigenvalue weighted by atomic mass is 127. The van der Waals surface area contributed by atoms with Gasteiger partial charge in [-0.25, -0.2) is 4.79 Å². The molecule has 0 aliphatic rings. The number of carboxylic acids is 1. The van der Waals surface area contributed by atoms with Gasteiger partial charge in [-0.1, -0.05) is 0 Å². The fraction of sp³-hybridized carbons (Fsp3) is 0.250. The average molecular weight is 392 g/mol. The third-order valence-corrected chi connectivity index (χ3v) is 3.40. The summed E-state index contributed by atoms with van der Waals surface area (Å²) in [4.78, 5) is 33.5. The quantitative estimate of drug-likeness (QED) is 0.523. The number of phenolic OH excluding ortho intramolecular Hbond substituents is 1. The Morgan fingerprint density at radius 1 is 1.35 bits per heavy atom. The van der Waals surface area contributed by atoms with Gasteiger partial charge in [0.15, 0.2) is 0 Å². The van der Waals surface area contributed by atoms with E-state index in [9.17, 15) is 19.5 Å². The third kappa shape index (κ3) is 4.68. The number of carboxylic acid groups (broad SMARTS) is 1. The lowest BCUT2D eigenvalue weighted by Gasteiger charge is -2.14. The monoisotopic (exact) mass is 392 g/mol. The van der Waals surface area contributed by atoms with Crippen LogP contribution in [0.3, 0.4) is 0 Å². The zero-order valence-corrected chi connectivity index (χ0v) is 12.5. The Morgan fingerprint density at radius 2 is 2.00 bits per heavy atom. The van der Waals surface area contributed by atoms with Crippen molar-refractivity contribution in [2.24, 2.45) is 5.73 Å². The van der Waals surface area contributed by atoms with Crippen molar-refractivity contribution < 1.29 is 24.6 Å². The summed E-state index contributed by atoms with van der Waals surface area (Å²) in [5, 5.41) is 20.7. The molecule has 1 aromatic carbocycles. The first-order valence-corrected chi connectivity index (χ1v) is 6.69. The molecule has 0 heterocycles. The Labute approximate surface area is 128 Å². The molecule has 2 amide bonds. The number of nitrogens with two attached hydrogens (primary N) is 1. The van der Waals surface area contributed by atoms with Gasteiger partial charge in [-0.2, -0.15) is 0 Å². The highest BCUT2D eigenvalue weighted by molar-refractivity contribution is 14.1. The van der Waals surface area contributed by atoms with Crippen LogP contribution >= 0.6 is 22.6 Å². The average Bonchev–Trinajstić information content (AvgIpc) is 2.36. The molecule has 5 N–H and O–H groups in total. The molecule has 20 heavy (non-hydrogen) atoms. The summed E-state index contributed by atoms with van der Waals surface area (Å²) < 4.78 is 0.572. The van der Waals surface area contributed by atoms with E-state index < -0.39 is 23.8 Å². The number of primary amides is 1. The van der Waals surface area contributed by atoms with E-state index in [0.29, 0.717) is 3.57 Å². The van der Waals surface area contributed by atoms with Crippen LogP contribution < -0.4 is 11.1 Å². The molecule has 0 saturated carbocycles. The number of aliphatic carboxylic acids is 1. The minimum Gasteiger partial charge on any atom is -0.507 e. The van der Waals surface area contributed by atoms with Crippen LogP contribution in [0.15, 0.2) is 18.2 Å². The van der Waals surface area contributed by atoms with Crippen LogP contribution in [0.2, 0.25) is 0 Å². The molecule has 0 radical (unpaired) electrons. The van der Waals surface area contributed by atoms with Gasteiger partial charge in [-0.05, 0) is 47.2 Å². The molecular weight excluding hydrogens is 379 g/mol. The van der Waals surface area contributed by atoms with Crippen molar-refractivity contribution in [2.75, 3.05) is 0 Å². The number of hydrogen-bond donors (Lipinski definition) is 4. The lowest BCUT2D eigenvalue weighted by molar-refractivity contribution is -0.139. The van der Waals surface area contributed by atoms with E-state index >= 15 is 0 Å². The number of hydrogen-bond acceptors (Lipinski definition) is 4. The van der Waals surface area contributed by atoms with Gasteiger partial charge in [-0.15, -0.1) is 0 Å². The molecule has 0 aliphatic carbocycles. The van der Waals surface area contributed by atoms with Gasteiger partial charge in [0.25, 0.3) is 5.91 Å². The molecule has 0 aromatic heterocycles. The van der Waals surface area contributed by atoms with E-state index in [2.05, 4.69) is 5.32 Å². The lowest BCUT2D eigenvalue weighted by atomic mass is 10.1. The second-order valence-electron chi connectivity index (χ2n) is 4.04. The van der Waals surface area contributed by atoms with Crippen LogP contribution in [0.1, 0.15) is 23.2 Å².